The van der Waals surface area contributed by atoms with Crippen LogP contribution in [0.25, 0.3) is 0 Å². The fourth-order valence-electron chi connectivity index (χ4n) is 1.06. The zero-order chi connectivity index (χ0) is 11.5. The monoisotopic (exact) mass is 208 g/mol. The molecule has 0 aliphatic rings. The molecule has 2 nitrogen and oxygen atoms in total. The molecule has 0 aromatic rings. The van der Waals surface area contributed by atoms with Gasteiger partial charge in [0.2, 0.25) is 0 Å². The van der Waals surface area contributed by atoms with Gasteiger partial charge in [0.15, 0.2) is 6.10 Å². The zero-order valence-corrected chi connectivity index (χ0v) is 9.88. The van der Waals surface area contributed by atoms with E-state index in [0.29, 0.717) is 0 Å². The summed E-state index contributed by atoms with van der Waals surface area (Å²) in [4.78, 5) is 11.3. The highest BCUT2D eigenvalue weighted by atomic mass is 16.5. The average molecular weight is 208 g/mol. The van der Waals surface area contributed by atoms with Crippen LogP contribution < -0.4 is 0 Å². The maximum Gasteiger partial charge on any atom is 0.331 e. The van der Waals surface area contributed by atoms with Crippen LogP contribution in [0.4, 0.5) is 0 Å². The molecular formula is C13H20O2. The molecule has 0 aromatic carbocycles. The molecule has 0 saturated heterocycles. The second-order valence-electron chi connectivity index (χ2n) is 3.27. The van der Waals surface area contributed by atoms with Crippen LogP contribution in [-0.4, -0.2) is 12.1 Å². The minimum absolute atomic E-state index is 0.265. The van der Waals surface area contributed by atoms with Crippen molar-refractivity contribution in [3.05, 3.63) is 12.2 Å². The van der Waals surface area contributed by atoms with Gasteiger partial charge in [-0.05, 0) is 19.8 Å². The van der Waals surface area contributed by atoms with E-state index >= 15 is 0 Å². The standard InChI is InChI=1S/C13H20O2/c1-4-7-8-9-11-13(14)15-12(6-3)10-5-2/h9,11-12H,4,6-8H2,1-3H3/b11-9+. The van der Waals surface area contributed by atoms with Gasteiger partial charge in [-0.1, -0.05) is 38.7 Å². The van der Waals surface area contributed by atoms with Crippen LogP contribution in [0.1, 0.15) is 46.5 Å². The van der Waals surface area contributed by atoms with E-state index in [-0.39, 0.29) is 12.1 Å². The second-order valence-corrected chi connectivity index (χ2v) is 3.27. The van der Waals surface area contributed by atoms with Gasteiger partial charge >= 0.3 is 5.97 Å². The molecule has 0 N–H and O–H groups in total. The van der Waals surface area contributed by atoms with Crippen LogP contribution in [-0.2, 0) is 9.53 Å². The molecule has 0 amide bonds. The van der Waals surface area contributed by atoms with Gasteiger partial charge in [0, 0.05) is 6.08 Å². The number of hydrogen-bond donors (Lipinski definition) is 0. The molecule has 0 bridgehead atoms. The Labute approximate surface area is 92.7 Å². The third kappa shape index (κ3) is 7.81. The normalized spacial score (nSPS) is 11.9. The molecule has 0 fully saturated rings. The van der Waals surface area contributed by atoms with E-state index in [2.05, 4.69) is 18.8 Å². The van der Waals surface area contributed by atoms with E-state index in [4.69, 9.17) is 4.74 Å². The summed E-state index contributed by atoms with van der Waals surface area (Å²) >= 11 is 0. The number of carbonyl (C=O) groups is 1. The highest BCUT2D eigenvalue weighted by Gasteiger charge is 2.05. The largest absolute Gasteiger partial charge is 0.446 e. The smallest absolute Gasteiger partial charge is 0.331 e. The lowest BCUT2D eigenvalue weighted by atomic mass is 10.2. The molecule has 1 unspecified atom stereocenters. The first-order chi connectivity index (χ1) is 7.24. The quantitative estimate of drug-likeness (QED) is 0.290. The Morgan fingerprint density at radius 1 is 1.47 bits per heavy atom. The molecule has 0 aromatic heterocycles. The molecule has 1 atom stereocenters. The molecule has 0 aliphatic carbocycles. The summed E-state index contributed by atoms with van der Waals surface area (Å²) in [6, 6.07) is 0. The highest BCUT2D eigenvalue weighted by Crippen LogP contribution is 1.99. The fraction of sp³-hybridized carbons (Fsp3) is 0.615. The van der Waals surface area contributed by atoms with Crippen molar-refractivity contribution in [3.63, 3.8) is 0 Å². The van der Waals surface area contributed by atoms with Crippen LogP contribution in [0.3, 0.4) is 0 Å². The van der Waals surface area contributed by atoms with Gasteiger partial charge in [0.25, 0.3) is 0 Å². The van der Waals surface area contributed by atoms with Crippen molar-refractivity contribution in [3.8, 4) is 11.8 Å². The molecular weight excluding hydrogens is 188 g/mol. The van der Waals surface area contributed by atoms with Crippen LogP contribution in [0.5, 0.6) is 0 Å². The Morgan fingerprint density at radius 2 is 2.20 bits per heavy atom. The van der Waals surface area contributed by atoms with E-state index in [9.17, 15) is 4.79 Å². The van der Waals surface area contributed by atoms with Gasteiger partial charge in [0.1, 0.15) is 0 Å². The molecule has 15 heavy (non-hydrogen) atoms. The summed E-state index contributed by atoms with van der Waals surface area (Å²) < 4.78 is 5.12. The number of esters is 1. The van der Waals surface area contributed by atoms with Gasteiger partial charge in [0.05, 0.1) is 0 Å². The van der Waals surface area contributed by atoms with Crippen molar-refractivity contribution >= 4 is 5.97 Å². The highest BCUT2D eigenvalue weighted by molar-refractivity contribution is 5.82. The van der Waals surface area contributed by atoms with E-state index in [0.717, 1.165) is 25.7 Å². The van der Waals surface area contributed by atoms with Gasteiger partial charge in [-0.3, -0.25) is 0 Å². The molecule has 0 heterocycles. The summed E-state index contributed by atoms with van der Waals surface area (Å²) in [6.45, 7) is 5.81. The summed E-state index contributed by atoms with van der Waals surface area (Å²) in [5.41, 5.74) is 0. The Bertz CT molecular complexity index is 255. The minimum atomic E-state index is -0.291. The molecule has 0 rings (SSSR count). The van der Waals surface area contributed by atoms with Crippen molar-refractivity contribution < 1.29 is 9.53 Å². The topological polar surface area (TPSA) is 26.3 Å². The van der Waals surface area contributed by atoms with Crippen molar-refractivity contribution in [1.29, 1.82) is 0 Å². The lowest BCUT2D eigenvalue weighted by Gasteiger charge is -2.07. The van der Waals surface area contributed by atoms with Crippen molar-refractivity contribution in [1.82, 2.24) is 0 Å². The molecule has 0 spiro atoms. The van der Waals surface area contributed by atoms with Crippen LogP contribution in [0.2, 0.25) is 0 Å². The predicted molar refractivity (Wildman–Crippen MR) is 62.3 cm³/mol. The van der Waals surface area contributed by atoms with Gasteiger partial charge in [-0.25, -0.2) is 4.79 Å². The minimum Gasteiger partial charge on any atom is -0.446 e. The van der Waals surface area contributed by atoms with Crippen molar-refractivity contribution in [2.75, 3.05) is 0 Å². The number of ether oxygens (including phenoxy) is 1. The Hall–Kier alpha value is -1.23. The summed E-state index contributed by atoms with van der Waals surface area (Å²) in [7, 11) is 0. The van der Waals surface area contributed by atoms with E-state index in [1.54, 1.807) is 6.92 Å². The first-order valence-electron chi connectivity index (χ1n) is 5.54. The molecule has 84 valence electrons. The third-order valence-electron chi connectivity index (χ3n) is 1.91. The summed E-state index contributed by atoms with van der Waals surface area (Å²) in [6.07, 6.45) is 7.00. The zero-order valence-electron chi connectivity index (χ0n) is 9.88. The first kappa shape index (κ1) is 13.8. The number of rotatable bonds is 6. The van der Waals surface area contributed by atoms with Gasteiger partial charge in [-0.15, -0.1) is 5.92 Å². The third-order valence-corrected chi connectivity index (χ3v) is 1.91. The van der Waals surface area contributed by atoms with E-state index in [1.165, 1.54) is 6.08 Å². The summed E-state index contributed by atoms with van der Waals surface area (Å²) in [5, 5.41) is 0. The fourth-order valence-corrected chi connectivity index (χ4v) is 1.06. The van der Waals surface area contributed by atoms with E-state index < -0.39 is 0 Å². The Morgan fingerprint density at radius 3 is 2.73 bits per heavy atom. The predicted octanol–water partition coefficient (Wildman–Crippen LogP) is 3.08. The molecule has 2 heteroatoms. The second kappa shape index (κ2) is 9.33. The molecule has 0 saturated carbocycles. The van der Waals surface area contributed by atoms with Crippen molar-refractivity contribution in [2.45, 2.75) is 52.6 Å². The van der Waals surface area contributed by atoms with E-state index in [1.807, 2.05) is 13.0 Å². The van der Waals surface area contributed by atoms with Crippen molar-refractivity contribution in [2.24, 2.45) is 0 Å². The lowest BCUT2D eigenvalue weighted by Crippen LogP contribution is -2.13. The average Bonchev–Trinajstić information content (AvgIpc) is 2.24. The number of hydrogen-bond acceptors (Lipinski definition) is 2. The Kier molecular flexibility index (Phi) is 8.56. The maximum atomic E-state index is 11.3. The van der Waals surface area contributed by atoms with Crippen LogP contribution in [0.15, 0.2) is 12.2 Å². The first-order valence-corrected chi connectivity index (χ1v) is 5.54. The van der Waals surface area contributed by atoms with Crippen LogP contribution in [0, 0.1) is 11.8 Å². The SMILES string of the molecule is CC#CC(CC)OC(=O)/C=C/CCCC. The number of allylic oxidation sites excluding steroid dienone is 1. The lowest BCUT2D eigenvalue weighted by molar-refractivity contribution is -0.140. The number of unbranched alkanes of at least 4 members (excludes halogenated alkanes) is 2. The summed E-state index contributed by atoms with van der Waals surface area (Å²) in [5.74, 6) is 5.30. The number of carbonyl (C=O) groups excluding carboxylic acids is 1. The van der Waals surface area contributed by atoms with Gasteiger partial charge in [-0.2, -0.15) is 0 Å². The maximum absolute atomic E-state index is 11.3. The molecule has 0 radical (unpaired) electrons. The van der Waals surface area contributed by atoms with Gasteiger partial charge < -0.3 is 4.74 Å². The van der Waals surface area contributed by atoms with Crippen LogP contribution >= 0.6 is 0 Å². The Balaban J connectivity index is 3.88. The molecule has 0 aliphatic heterocycles.